The third-order valence-electron chi connectivity index (χ3n) is 6.52. The van der Waals surface area contributed by atoms with E-state index < -0.39 is 0 Å². The highest BCUT2D eigenvalue weighted by Crippen LogP contribution is 2.29. The van der Waals surface area contributed by atoms with Gasteiger partial charge in [0.25, 0.3) is 0 Å². The maximum atomic E-state index is 4.60. The Kier molecular flexibility index (Phi) is 5.65. The summed E-state index contributed by atoms with van der Waals surface area (Å²) < 4.78 is 0. The summed E-state index contributed by atoms with van der Waals surface area (Å²) in [4.78, 5) is 15.7. The fourth-order valence-corrected chi connectivity index (χ4v) is 3.85. The molecule has 0 radical (unpaired) electrons. The maximum absolute atomic E-state index is 4.60. The molecule has 146 valence electrons. The quantitative estimate of drug-likeness (QED) is 0.848. The van der Waals surface area contributed by atoms with Crippen molar-refractivity contribution in [1.29, 1.82) is 0 Å². The van der Waals surface area contributed by atoms with Gasteiger partial charge in [-0.15, -0.1) is 0 Å². The summed E-state index contributed by atoms with van der Waals surface area (Å²) in [7, 11) is 2.21. The summed E-state index contributed by atoms with van der Waals surface area (Å²) in [5.41, 5.74) is 4.83. The molecule has 2 N–H and O–H groups in total. The molecule has 4 atom stereocenters. The van der Waals surface area contributed by atoms with Crippen LogP contribution in [0.3, 0.4) is 0 Å². The number of nitrogens with zero attached hydrogens (tertiary/aromatic N) is 4. The van der Waals surface area contributed by atoms with Crippen LogP contribution in [0.2, 0.25) is 0 Å². The maximum Gasteiger partial charge on any atom is 0.232 e. The number of hydrogen-bond donors (Lipinski definition) is 2. The predicted molar refractivity (Wildman–Crippen MR) is 112 cm³/mol. The van der Waals surface area contributed by atoms with Crippen molar-refractivity contribution < 1.29 is 0 Å². The number of benzene rings is 1. The van der Waals surface area contributed by atoms with Gasteiger partial charge in [0.05, 0.1) is 0 Å². The van der Waals surface area contributed by atoms with E-state index in [0.29, 0.717) is 35.9 Å². The van der Waals surface area contributed by atoms with E-state index >= 15 is 0 Å². The summed E-state index contributed by atoms with van der Waals surface area (Å²) in [5.74, 6) is 1.72. The number of aryl methyl sites for hydroxylation is 1. The highest BCUT2D eigenvalue weighted by atomic mass is 15.2. The van der Waals surface area contributed by atoms with Gasteiger partial charge in [-0.3, -0.25) is 0 Å². The minimum atomic E-state index is 0.352. The molecular formula is C21H32N6. The molecule has 1 aliphatic rings. The zero-order chi connectivity index (χ0) is 19.7. The van der Waals surface area contributed by atoms with Gasteiger partial charge in [-0.25, -0.2) is 9.97 Å². The highest BCUT2D eigenvalue weighted by molar-refractivity contribution is 5.61. The van der Waals surface area contributed by atoms with Gasteiger partial charge >= 0.3 is 0 Å². The fourth-order valence-electron chi connectivity index (χ4n) is 3.85. The Labute approximate surface area is 162 Å². The van der Waals surface area contributed by atoms with E-state index in [1.54, 1.807) is 6.33 Å². The molecule has 1 fully saturated rings. The SMILES string of the molecule is Cc1ccc(Nc2ncnc(NC3CC(C)N(C)C(C)C3C)n2)c(C)c1C. The topological polar surface area (TPSA) is 66.0 Å². The summed E-state index contributed by atoms with van der Waals surface area (Å²) in [6.07, 6.45) is 2.65. The van der Waals surface area contributed by atoms with Crippen LogP contribution in [0.25, 0.3) is 0 Å². The monoisotopic (exact) mass is 368 g/mol. The molecule has 1 aromatic heterocycles. The molecule has 1 saturated heterocycles. The Morgan fingerprint density at radius 3 is 2.44 bits per heavy atom. The average Bonchev–Trinajstić information content (AvgIpc) is 2.65. The summed E-state index contributed by atoms with van der Waals surface area (Å²) in [5, 5.41) is 6.89. The number of piperidine rings is 1. The second-order valence-electron chi connectivity index (χ2n) is 8.04. The van der Waals surface area contributed by atoms with E-state index in [-0.39, 0.29) is 0 Å². The lowest BCUT2D eigenvalue weighted by Gasteiger charge is -2.45. The molecule has 0 spiro atoms. The van der Waals surface area contributed by atoms with E-state index in [0.717, 1.165) is 12.1 Å². The average molecular weight is 369 g/mol. The Morgan fingerprint density at radius 2 is 1.70 bits per heavy atom. The lowest BCUT2D eigenvalue weighted by atomic mass is 9.84. The van der Waals surface area contributed by atoms with Crippen molar-refractivity contribution in [3.63, 3.8) is 0 Å². The summed E-state index contributed by atoms with van der Waals surface area (Å²) in [6.45, 7) is 13.2. The first-order chi connectivity index (χ1) is 12.8. The van der Waals surface area contributed by atoms with E-state index in [1.807, 2.05) is 0 Å². The first-order valence-electron chi connectivity index (χ1n) is 9.79. The van der Waals surface area contributed by atoms with Gasteiger partial charge in [-0.1, -0.05) is 13.0 Å². The second kappa shape index (κ2) is 7.80. The van der Waals surface area contributed by atoms with Crippen LogP contribution in [0.15, 0.2) is 18.5 Å². The van der Waals surface area contributed by atoms with Crippen LogP contribution in [0.4, 0.5) is 17.6 Å². The summed E-state index contributed by atoms with van der Waals surface area (Å²) in [6, 6.07) is 5.60. The van der Waals surface area contributed by atoms with Gasteiger partial charge in [-0.2, -0.15) is 4.98 Å². The first-order valence-corrected chi connectivity index (χ1v) is 9.79. The standard InChI is InChI=1S/C21H32N6/c1-12-8-9-18(15(4)14(12)3)24-20-22-11-23-21(26-20)25-19-10-13(2)27(7)17(6)16(19)5/h8-9,11,13,16-17,19H,10H2,1-7H3,(H2,22,23,24,25,26). The zero-order valence-electron chi connectivity index (χ0n) is 17.5. The van der Waals surface area contributed by atoms with Crippen molar-refractivity contribution in [2.45, 2.75) is 66.1 Å². The molecule has 1 aliphatic heterocycles. The Morgan fingerprint density at radius 1 is 1.00 bits per heavy atom. The number of aromatic nitrogens is 3. The molecule has 6 nitrogen and oxygen atoms in total. The lowest BCUT2D eigenvalue weighted by Crippen LogP contribution is -2.53. The van der Waals surface area contributed by atoms with Crippen LogP contribution in [0.5, 0.6) is 0 Å². The van der Waals surface area contributed by atoms with Crippen LogP contribution in [-0.4, -0.2) is 45.0 Å². The zero-order valence-corrected chi connectivity index (χ0v) is 17.5. The van der Waals surface area contributed by atoms with Crippen LogP contribution in [0.1, 0.15) is 43.9 Å². The molecule has 0 aliphatic carbocycles. The minimum Gasteiger partial charge on any atom is -0.351 e. The van der Waals surface area contributed by atoms with Crippen LogP contribution < -0.4 is 10.6 Å². The predicted octanol–water partition coefficient (Wildman–Crippen LogP) is 4.07. The van der Waals surface area contributed by atoms with Crippen molar-refractivity contribution in [1.82, 2.24) is 19.9 Å². The van der Waals surface area contributed by atoms with Crippen LogP contribution >= 0.6 is 0 Å². The van der Waals surface area contributed by atoms with Gasteiger partial charge in [0.2, 0.25) is 11.9 Å². The number of nitrogens with one attached hydrogen (secondary N) is 2. The number of rotatable bonds is 4. The van der Waals surface area contributed by atoms with E-state index in [9.17, 15) is 0 Å². The summed E-state index contributed by atoms with van der Waals surface area (Å²) >= 11 is 0. The molecule has 2 aromatic rings. The molecule has 0 saturated carbocycles. The van der Waals surface area contributed by atoms with Crippen molar-refractivity contribution >= 4 is 17.6 Å². The number of likely N-dealkylation sites (tertiary alicyclic amines) is 1. The third kappa shape index (κ3) is 4.05. The molecule has 27 heavy (non-hydrogen) atoms. The molecule has 6 heteroatoms. The van der Waals surface area contributed by atoms with Crippen LogP contribution in [0, 0.1) is 26.7 Å². The van der Waals surface area contributed by atoms with Crippen molar-refractivity contribution in [2.75, 3.05) is 17.7 Å². The second-order valence-corrected chi connectivity index (χ2v) is 8.04. The van der Waals surface area contributed by atoms with Crippen molar-refractivity contribution in [2.24, 2.45) is 5.92 Å². The molecule has 1 aromatic carbocycles. The smallest absolute Gasteiger partial charge is 0.232 e. The van der Waals surface area contributed by atoms with Gasteiger partial charge < -0.3 is 15.5 Å². The Hall–Kier alpha value is -2.21. The molecule has 0 bridgehead atoms. The number of hydrogen-bond acceptors (Lipinski definition) is 6. The number of anilines is 3. The highest BCUT2D eigenvalue weighted by Gasteiger charge is 2.34. The Balaban J connectivity index is 1.75. The van der Waals surface area contributed by atoms with Gasteiger partial charge in [0.15, 0.2) is 0 Å². The molecular weight excluding hydrogens is 336 g/mol. The fraction of sp³-hybridized carbons (Fsp3) is 0.571. The van der Waals surface area contributed by atoms with E-state index in [1.165, 1.54) is 16.7 Å². The minimum absolute atomic E-state index is 0.352. The van der Waals surface area contributed by atoms with Gasteiger partial charge in [-0.05, 0) is 76.8 Å². The van der Waals surface area contributed by atoms with Gasteiger partial charge in [0.1, 0.15) is 6.33 Å². The largest absolute Gasteiger partial charge is 0.351 e. The third-order valence-corrected chi connectivity index (χ3v) is 6.52. The van der Waals surface area contributed by atoms with Gasteiger partial charge in [0, 0.05) is 23.8 Å². The van der Waals surface area contributed by atoms with E-state index in [2.05, 4.69) is 91.2 Å². The van der Waals surface area contributed by atoms with Crippen molar-refractivity contribution in [3.8, 4) is 0 Å². The normalized spacial score (nSPS) is 26.0. The Bertz CT molecular complexity index is 805. The van der Waals surface area contributed by atoms with E-state index in [4.69, 9.17) is 0 Å². The van der Waals surface area contributed by atoms with Crippen LogP contribution in [-0.2, 0) is 0 Å². The molecule has 4 unspecified atom stereocenters. The molecule has 0 amide bonds. The lowest BCUT2D eigenvalue weighted by molar-refractivity contribution is 0.0827. The molecule has 2 heterocycles. The first kappa shape index (κ1) is 19.5. The van der Waals surface area contributed by atoms with Crippen molar-refractivity contribution in [3.05, 3.63) is 35.2 Å². The molecule has 3 rings (SSSR count).